The number of ether oxygens (including phenoxy) is 9. The number of benzene rings is 4. The Morgan fingerprint density at radius 1 is 0.604 bits per heavy atom. The van der Waals surface area contributed by atoms with Gasteiger partial charge in [-0.2, -0.15) is 0 Å². The number of hydrogen-bond acceptors (Lipinski definition) is 15. The van der Waals surface area contributed by atoms with Gasteiger partial charge in [-0.05, 0) is 130 Å². The first-order chi connectivity index (χ1) is 44.7. The second kappa shape index (κ2) is 35.0. The van der Waals surface area contributed by atoms with Crippen LogP contribution < -0.4 is 19.8 Å². The molecule has 16 nitrogen and oxygen atoms in total. The molecule has 21 heteroatoms. The predicted octanol–water partition coefficient (Wildman–Crippen LogP) is 15.1. The molecule has 0 bridgehead atoms. The Balaban J connectivity index is 0.000000423. The molecule has 0 aliphatic carbocycles. The van der Waals surface area contributed by atoms with E-state index in [2.05, 4.69) is 161 Å². The third-order valence-corrected chi connectivity index (χ3v) is 28.9. The molecule has 0 amide bonds. The van der Waals surface area contributed by atoms with Gasteiger partial charge in [0.1, 0.15) is 52.6 Å². The number of carbonyl (C=O) groups excluding carboxylic acids is 1. The van der Waals surface area contributed by atoms with Gasteiger partial charge in [0.15, 0.2) is 33.5 Å². The number of aromatic carboxylic acids is 1. The molecule has 96 heavy (non-hydrogen) atoms. The number of carboxylic acids is 1. The number of halogens is 2. The van der Waals surface area contributed by atoms with Crippen LogP contribution in [-0.2, 0) is 42.0 Å². The fourth-order valence-electron chi connectivity index (χ4n) is 11.0. The highest BCUT2D eigenvalue weighted by molar-refractivity contribution is 6.99. The van der Waals surface area contributed by atoms with Crippen LogP contribution in [0.1, 0.15) is 142 Å². The van der Waals surface area contributed by atoms with Crippen molar-refractivity contribution in [2.24, 2.45) is 11.8 Å². The zero-order valence-electron chi connectivity index (χ0n) is 60.6. The number of aliphatic hydroxyl groups is 2. The van der Waals surface area contributed by atoms with Gasteiger partial charge in [0.2, 0.25) is 0 Å². The number of carboxylic acid groups (broad SMARTS) is 1. The van der Waals surface area contributed by atoms with E-state index in [1.807, 2.05) is 26.8 Å². The molecule has 2 heterocycles. The van der Waals surface area contributed by atoms with E-state index in [1.165, 1.54) is 48.9 Å². The summed E-state index contributed by atoms with van der Waals surface area (Å²) in [6.45, 7) is 39.7. The van der Waals surface area contributed by atoms with Crippen LogP contribution in [0, 0.1) is 23.5 Å². The van der Waals surface area contributed by atoms with Crippen LogP contribution in [0.3, 0.4) is 0 Å². The minimum Gasteiger partial charge on any atom is -0.478 e. The second-order valence-electron chi connectivity index (χ2n) is 29.6. The Morgan fingerprint density at radius 2 is 1.06 bits per heavy atom. The Morgan fingerprint density at radius 3 is 1.51 bits per heavy atom. The van der Waals surface area contributed by atoms with Gasteiger partial charge in [0, 0.05) is 39.5 Å². The number of carbonyl (C=O) groups is 2. The Kier molecular flexibility index (Phi) is 29.6. The molecule has 4 aromatic rings. The summed E-state index contributed by atoms with van der Waals surface area (Å²) in [6, 6.07) is 27.3. The molecule has 0 spiro atoms. The molecule has 532 valence electrons. The molecule has 0 saturated carbocycles. The van der Waals surface area contributed by atoms with Crippen molar-refractivity contribution in [3.8, 4) is 11.5 Å². The molecule has 2 aliphatic rings. The van der Waals surface area contributed by atoms with E-state index >= 15 is 4.39 Å². The van der Waals surface area contributed by atoms with Gasteiger partial charge in [0.05, 0.1) is 31.0 Å². The van der Waals surface area contributed by atoms with Crippen LogP contribution >= 0.6 is 0 Å². The van der Waals surface area contributed by atoms with E-state index < -0.39 is 103 Å². The monoisotopic (exact) mass is 1390 g/mol. The normalized spacial score (nSPS) is 20.5. The van der Waals surface area contributed by atoms with Gasteiger partial charge < -0.3 is 66.8 Å². The number of methoxy groups -OCH3 is 2. The fraction of sp³-hybridized carbons (Fsp3) is 0.547. The summed E-state index contributed by atoms with van der Waals surface area (Å²) < 4.78 is 96.6. The Bertz CT molecular complexity index is 3200. The largest absolute Gasteiger partial charge is 0.478 e. The van der Waals surface area contributed by atoms with Crippen LogP contribution in [0.25, 0.3) is 12.2 Å². The maximum absolute atomic E-state index is 15.7. The fourth-order valence-corrected chi connectivity index (χ4v) is 17.8. The molecular formula is C75H110F2O16Si3. The quantitative estimate of drug-likeness (QED) is 0.0186. The van der Waals surface area contributed by atoms with E-state index in [0.29, 0.717) is 6.42 Å². The zero-order valence-corrected chi connectivity index (χ0v) is 63.6. The summed E-state index contributed by atoms with van der Waals surface area (Å²) in [4.78, 5) is 25.3. The summed E-state index contributed by atoms with van der Waals surface area (Å²) in [7, 11) is -3.80. The number of esters is 1. The first-order valence-electron chi connectivity index (χ1n) is 33.2. The lowest BCUT2D eigenvalue weighted by Crippen LogP contribution is -2.67. The SMILES string of the molecule is COCOc1ccc(F)c(/C=C/C[C@@H]2OC(C)(C)O[C@@H]2C(/C=C\[C@@H](C)[C@H](C)O[Si](c2ccccc2)(c2ccccc2)C(C)(C)C)O[Si](C)(C)C(C)(C)C)c1C(=O)OCC[Si](C)(C)C.COCOc1ccc(F)c(/C=C/C[C@@H]2OC(C)(C)O[C@@H]2C(O)/C=C\[C@@H](C)[C@H](C)O)c1C(=O)O. The molecule has 3 N–H and O–H groups in total. The predicted molar refractivity (Wildman–Crippen MR) is 383 cm³/mol. The highest BCUT2D eigenvalue weighted by Gasteiger charge is 2.52. The van der Waals surface area contributed by atoms with Crippen LogP contribution in [0.2, 0.25) is 48.9 Å². The van der Waals surface area contributed by atoms with E-state index in [9.17, 15) is 29.3 Å². The molecule has 0 aromatic heterocycles. The highest BCUT2D eigenvalue weighted by atomic mass is 28.4. The van der Waals surface area contributed by atoms with Crippen molar-refractivity contribution in [3.05, 3.63) is 155 Å². The maximum atomic E-state index is 15.7. The minimum absolute atomic E-state index is 0.00494. The summed E-state index contributed by atoms with van der Waals surface area (Å²) >= 11 is 0. The van der Waals surface area contributed by atoms with Gasteiger partial charge in [0.25, 0.3) is 8.32 Å². The van der Waals surface area contributed by atoms with Crippen molar-refractivity contribution in [2.45, 2.75) is 219 Å². The number of hydrogen-bond donors (Lipinski definition) is 3. The lowest BCUT2D eigenvalue weighted by Gasteiger charge is -2.45. The number of rotatable bonds is 31. The Hall–Kier alpha value is -5.51. The third kappa shape index (κ3) is 22.5. The van der Waals surface area contributed by atoms with Gasteiger partial charge in [-0.3, -0.25) is 0 Å². The van der Waals surface area contributed by atoms with Crippen molar-refractivity contribution in [3.63, 3.8) is 0 Å². The first-order valence-corrected chi connectivity index (χ1v) is 41.7. The van der Waals surface area contributed by atoms with Crippen molar-refractivity contribution >= 4 is 59.2 Å². The summed E-state index contributed by atoms with van der Waals surface area (Å²) in [5, 5.41) is 32.0. The topological polar surface area (TPSA) is 196 Å². The van der Waals surface area contributed by atoms with Crippen LogP contribution in [0.5, 0.6) is 11.5 Å². The number of aliphatic hydroxyl groups excluding tert-OH is 2. The highest BCUT2D eigenvalue weighted by Crippen LogP contribution is 2.43. The van der Waals surface area contributed by atoms with E-state index in [4.69, 9.17) is 51.5 Å². The molecule has 0 radical (unpaired) electrons. The van der Waals surface area contributed by atoms with Gasteiger partial charge in [-0.1, -0.05) is 184 Å². The minimum atomic E-state index is -2.81. The molecule has 6 rings (SSSR count). The van der Waals surface area contributed by atoms with Crippen molar-refractivity contribution < 1.29 is 85.2 Å². The van der Waals surface area contributed by atoms with Gasteiger partial charge in [-0.15, -0.1) is 0 Å². The van der Waals surface area contributed by atoms with E-state index in [1.54, 1.807) is 45.1 Å². The standard InChI is InChI=1S/C51H77FO8Si3.C24H33FO8/c1-37(38(2)59-63(50(6,7)8,39-24-19-17-20-25-39)40-26-21-18-22-27-40)30-32-45(60-62(15,16)49(3,4)5)47-44(57-51(9,10)58-47)29-23-28-41-42(52)31-33-43(56-36-54-11)46(41)48(53)55-34-35-61(12,13)14;1-14(15(2)26)9-11-18(27)22-20(32-24(3,4)33-22)8-6-7-16-17(25)10-12-19(31-13-30-5)21(16)23(28)29/h17-28,30-33,37-38,44-45,47H,29,34-36H2,1-16H3;6-7,9-12,14-15,18,20,22,26-27H,8,13H2,1-5H3,(H,28,29)/b28-23+,32-30-;7-6+,11-9-/t37-,38+,44+,45?,47+;14-,15+,18?,20+,22-/m11/s1. The van der Waals surface area contributed by atoms with Crippen LogP contribution in [0.4, 0.5) is 8.78 Å². The third-order valence-electron chi connectivity index (χ3n) is 17.6. The zero-order chi connectivity index (χ0) is 71.8. The average molecular weight is 1390 g/mol. The lowest BCUT2D eigenvalue weighted by molar-refractivity contribution is -0.152. The van der Waals surface area contributed by atoms with Crippen molar-refractivity contribution in [1.82, 2.24) is 0 Å². The molecule has 4 aromatic carbocycles. The van der Waals surface area contributed by atoms with E-state index in [-0.39, 0.29) is 88.4 Å². The Labute approximate surface area is 573 Å². The van der Waals surface area contributed by atoms with Crippen LogP contribution in [0.15, 0.2) is 121 Å². The van der Waals surface area contributed by atoms with Gasteiger partial charge >= 0.3 is 11.9 Å². The molecular weight excluding hydrogens is 1280 g/mol. The lowest BCUT2D eigenvalue weighted by atomic mass is 10.00. The molecule has 2 unspecified atom stereocenters. The second-order valence-corrected chi connectivity index (χ2v) is 44.3. The smallest absolute Gasteiger partial charge is 0.342 e. The van der Waals surface area contributed by atoms with E-state index in [0.717, 1.165) is 12.1 Å². The molecule has 10 atom stereocenters. The molecule has 2 aliphatic heterocycles. The summed E-state index contributed by atoms with van der Waals surface area (Å²) in [5.41, 5.74) is -0.366. The van der Waals surface area contributed by atoms with Crippen molar-refractivity contribution in [1.29, 1.82) is 0 Å². The molecule has 2 fully saturated rings. The first kappa shape index (κ1) is 81.2. The summed E-state index contributed by atoms with van der Waals surface area (Å²) in [5.74, 6) is -5.11. The van der Waals surface area contributed by atoms with Gasteiger partial charge in [-0.25, -0.2) is 18.4 Å². The average Bonchev–Trinajstić information content (AvgIpc) is 1.01. The molecule has 2 saturated heterocycles. The maximum Gasteiger partial charge on any atom is 0.342 e. The van der Waals surface area contributed by atoms with Crippen molar-refractivity contribution in [2.75, 3.05) is 34.4 Å². The van der Waals surface area contributed by atoms with Crippen LogP contribution in [-0.4, -0.2) is 147 Å². The summed E-state index contributed by atoms with van der Waals surface area (Å²) in [6.07, 6.45) is 10.2.